The molecule has 1 aromatic rings. The molecule has 1 unspecified atom stereocenters. The van der Waals surface area contributed by atoms with E-state index in [4.69, 9.17) is 23.2 Å². The number of rotatable bonds is 1. The van der Waals surface area contributed by atoms with Gasteiger partial charge in [-0.05, 0) is 13.0 Å². The van der Waals surface area contributed by atoms with Gasteiger partial charge in [-0.25, -0.2) is 0 Å². The van der Waals surface area contributed by atoms with Crippen LogP contribution in [0.1, 0.15) is 12.5 Å². The highest BCUT2D eigenvalue weighted by molar-refractivity contribution is 6.42. The summed E-state index contributed by atoms with van der Waals surface area (Å²) in [5.74, 6) is 0. The second kappa shape index (κ2) is 3.85. The van der Waals surface area contributed by atoms with E-state index in [1.807, 2.05) is 0 Å². The number of halogens is 5. The fourth-order valence-corrected chi connectivity index (χ4v) is 1.52. The van der Waals surface area contributed by atoms with E-state index in [0.717, 1.165) is 6.07 Å². The van der Waals surface area contributed by atoms with Crippen LogP contribution in [0.15, 0.2) is 18.2 Å². The highest BCUT2D eigenvalue weighted by Gasteiger charge is 2.52. The van der Waals surface area contributed by atoms with Crippen molar-refractivity contribution >= 4 is 23.2 Å². The lowest BCUT2D eigenvalue weighted by molar-refractivity contribution is -0.258. The minimum Gasteiger partial charge on any atom is -0.376 e. The Morgan fingerprint density at radius 2 is 1.73 bits per heavy atom. The summed E-state index contributed by atoms with van der Waals surface area (Å²) in [5, 5.41) is 9.04. The van der Waals surface area contributed by atoms with Crippen molar-refractivity contribution in [3.63, 3.8) is 0 Å². The zero-order valence-corrected chi connectivity index (χ0v) is 9.08. The number of alkyl halides is 3. The third-order valence-corrected chi connectivity index (χ3v) is 2.85. The Balaban J connectivity index is 3.34. The maximum atomic E-state index is 12.5. The van der Waals surface area contributed by atoms with E-state index in [9.17, 15) is 18.3 Å². The van der Waals surface area contributed by atoms with Crippen molar-refractivity contribution < 1.29 is 18.3 Å². The van der Waals surface area contributed by atoms with Crippen LogP contribution >= 0.6 is 23.2 Å². The molecule has 0 aromatic heterocycles. The van der Waals surface area contributed by atoms with Gasteiger partial charge in [-0.3, -0.25) is 0 Å². The molecule has 1 atom stereocenters. The first kappa shape index (κ1) is 12.6. The van der Waals surface area contributed by atoms with Gasteiger partial charge in [0.15, 0.2) is 5.60 Å². The summed E-state index contributed by atoms with van der Waals surface area (Å²) in [5.41, 5.74) is -3.46. The van der Waals surface area contributed by atoms with Gasteiger partial charge in [0.05, 0.1) is 10.0 Å². The number of benzene rings is 1. The first-order valence-corrected chi connectivity index (χ1v) is 4.67. The van der Waals surface area contributed by atoms with Gasteiger partial charge in [-0.2, -0.15) is 13.2 Å². The molecule has 0 radical (unpaired) electrons. The van der Waals surface area contributed by atoms with E-state index >= 15 is 0 Å². The summed E-state index contributed by atoms with van der Waals surface area (Å²) in [4.78, 5) is 0. The Kier molecular flexibility index (Phi) is 3.24. The molecule has 0 aliphatic rings. The first-order chi connectivity index (χ1) is 6.68. The van der Waals surface area contributed by atoms with Crippen LogP contribution in [0.5, 0.6) is 0 Å². The molecule has 0 amide bonds. The van der Waals surface area contributed by atoms with Crippen molar-refractivity contribution in [3.8, 4) is 0 Å². The molecular weight excluding hydrogens is 252 g/mol. The summed E-state index contributed by atoms with van der Waals surface area (Å²) in [7, 11) is 0. The molecule has 0 saturated carbocycles. The van der Waals surface area contributed by atoms with Crippen LogP contribution in [0.4, 0.5) is 13.2 Å². The molecule has 0 aliphatic carbocycles. The van der Waals surface area contributed by atoms with Gasteiger partial charge >= 0.3 is 6.18 Å². The van der Waals surface area contributed by atoms with Gasteiger partial charge in [-0.1, -0.05) is 35.3 Å². The molecular formula is C9H7Cl2F3O. The number of hydrogen-bond acceptors (Lipinski definition) is 1. The highest BCUT2D eigenvalue weighted by Crippen LogP contribution is 2.42. The zero-order chi connectivity index (χ0) is 11.9. The maximum Gasteiger partial charge on any atom is 0.421 e. The lowest BCUT2D eigenvalue weighted by Gasteiger charge is -2.27. The van der Waals surface area contributed by atoms with Crippen molar-refractivity contribution in [1.82, 2.24) is 0 Å². The molecule has 0 heterocycles. The van der Waals surface area contributed by atoms with Crippen molar-refractivity contribution in [1.29, 1.82) is 0 Å². The summed E-state index contributed by atoms with van der Waals surface area (Å²) in [6, 6.07) is 3.73. The molecule has 1 N–H and O–H groups in total. The Hall–Kier alpha value is -0.450. The molecule has 0 bridgehead atoms. The number of aliphatic hydroxyl groups is 1. The molecule has 0 spiro atoms. The van der Waals surface area contributed by atoms with Crippen LogP contribution in [-0.4, -0.2) is 11.3 Å². The maximum absolute atomic E-state index is 12.5. The molecule has 1 nitrogen and oxygen atoms in total. The van der Waals surface area contributed by atoms with Crippen LogP contribution in [-0.2, 0) is 5.60 Å². The standard InChI is InChI=1S/C9H7Cl2F3O/c1-8(15,9(12,13)14)5-3-2-4-6(10)7(5)11/h2-4,15H,1H3. The number of hydrogen-bond donors (Lipinski definition) is 1. The van der Waals surface area contributed by atoms with Crippen molar-refractivity contribution in [2.75, 3.05) is 0 Å². The monoisotopic (exact) mass is 258 g/mol. The van der Waals surface area contributed by atoms with Gasteiger partial charge in [0.2, 0.25) is 0 Å². The summed E-state index contributed by atoms with van der Waals surface area (Å²) in [6.07, 6.45) is -4.80. The molecule has 1 aromatic carbocycles. The minimum absolute atomic E-state index is 0.0290. The van der Waals surface area contributed by atoms with Crippen LogP contribution in [0.2, 0.25) is 10.0 Å². The fourth-order valence-electron chi connectivity index (χ4n) is 1.03. The second-order valence-corrected chi connectivity index (χ2v) is 3.96. The van der Waals surface area contributed by atoms with Gasteiger partial charge < -0.3 is 5.11 Å². The third-order valence-electron chi connectivity index (χ3n) is 2.03. The van der Waals surface area contributed by atoms with Crippen LogP contribution in [0.25, 0.3) is 0 Å². The van der Waals surface area contributed by atoms with Crippen LogP contribution in [0.3, 0.4) is 0 Å². The Morgan fingerprint density at radius 3 is 2.20 bits per heavy atom. The first-order valence-electron chi connectivity index (χ1n) is 3.91. The van der Waals surface area contributed by atoms with E-state index in [1.54, 1.807) is 0 Å². The molecule has 6 heteroatoms. The van der Waals surface area contributed by atoms with Gasteiger partial charge in [0.25, 0.3) is 0 Å². The van der Waals surface area contributed by atoms with Gasteiger partial charge in [0, 0.05) is 5.56 Å². The Labute approximate surface area is 94.4 Å². The van der Waals surface area contributed by atoms with Gasteiger partial charge in [0.1, 0.15) is 0 Å². The molecule has 0 fully saturated rings. The zero-order valence-electron chi connectivity index (χ0n) is 7.57. The molecule has 84 valence electrons. The van der Waals surface area contributed by atoms with E-state index in [2.05, 4.69) is 0 Å². The molecule has 1 rings (SSSR count). The largest absolute Gasteiger partial charge is 0.421 e. The lowest BCUT2D eigenvalue weighted by atomic mass is 9.95. The highest BCUT2D eigenvalue weighted by atomic mass is 35.5. The Morgan fingerprint density at radius 1 is 1.20 bits per heavy atom. The van der Waals surface area contributed by atoms with Gasteiger partial charge in [-0.15, -0.1) is 0 Å². The SMILES string of the molecule is CC(O)(c1cccc(Cl)c1Cl)C(F)(F)F. The summed E-state index contributed by atoms with van der Waals surface area (Å²) >= 11 is 11.2. The van der Waals surface area contributed by atoms with Crippen molar-refractivity contribution in [3.05, 3.63) is 33.8 Å². The third kappa shape index (κ3) is 2.22. The molecule has 0 saturated heterocycles. The minimum atomic E-state index is -4.80. The summed E-state index contributed by atoms with van der Waals surface area (Å²) in [6.45, 7) is 0.630. The predicted molar refractivity (Wildman–Crippen MR) is 52.1 cm³/mol. The second-order valence-electron chi connectivity index (χ2n) is 3.17. The van der Waals surface area contributed by atoms with E-state index in [-0.39, 0.29) is 10.0 Å². The fraction of sp³-hybridized carbons (Fsp3) is 0.333. The van der Waals surface area contributed by atoms with Crippen LogP contribution in [0, 0.1) is 0 Å². The quantitative estimate of drug-likeness (QED) is 0.813. The normalized spacial score (nSPS) is 16.2. The van der Waals surface area contributed by atoms with Crippen LogP contribution < -0.4 is 0 Å². The average molecular weight is 259 g/mol. The molecule has 15 heavy (non-hydrogen) atoms. The Bertz CT molecular complexity index is 374. The average Bonchev–Trinajstić information content (AvgIpc) is 2.07. The summed E-state index contributed by atoms with van der Waals surface area (Å²) < 4.78 is 37.4. The van der Waals surface area contributed by atoms with Crippen molar-refractivity contribution in [2.24, 2.45) is 0 Å². The van der Waals surface area contributed by atoms with E-state index < -0.39 is 17.3 Å². The van der Waals surface area contributed by atoms with E-state index in [1.165, 1.54) is 12.1 Å². The smallest absolute Gasteiger partial charge is 0.376 e. The van der Waals surface area contributed by atoms with Crippen molar-refractivity contribution in [2.45, 2.75) is 18.7 Å². The van der Waals surface area contributed by atoms with E-state index in [0.29, 0.717) is 6.92 Å². The predicted octanol–water partition coefficient (Wildman–Crippen LogP) is 3.76. The topological polar surface area (TPSA) is 20.2 Å². The molecule has 0 aliphatic heterocycles. The lowest BCUT2D eigenvalue weighted by Crippen LogP contribution is -2.39.